The van der Waals surface area contributed by atoms with Gasteiger partial charge in [0.15, 0.2) is 5.65 Å². The number of likely N-dealkylation sites (tertiary alicyclic amines) is 1. The summed E-state index contributed by atoms with van der Waals surface area (Å²) in [6, 6.07) is 16.2. The lowest BCUT2D eigenvalue weighted by Crippen LogP contribution is -2.59. The van der Waals surface area contributed by atoms with Crippen molar-refractivity contribution in [2.45, 2.75) is 50.9 Å². The van der Waals surface area contributed by atoms with Crippen molar-refractivity contribution >= 4 is 22.8 Å². The number of halogens is 1. The number of amides is 1. The Bertz CT molecular complexity index is 1910. The van der Waals surface area contributed by atoms with E-state index in [9.17, 15) is 10.1 Å². The summed E-state index contributed by atoms with van der Waals surface area (Å²) in [7, 11) is 0. The predicted octanol–water partition coefficient (Wildman–Crippen LogP) is 4.24. The lowest BCUT2D eigenvalue weighted by atomic mass is 9.97. The molecule has 7 rings (SSSR count). The lowest BCUT2D eigenvalue weighted by molar-refractivity contribution is -0.127. The zero-order chi connectivity index (χ0) is 34.1. The third-order valence-corrected chi connectivity index (χ3v) is 9.87. The molecule has 0 radical (unpaired) electrons. The minimum absolute atomic E-state index is 0.129. The molecule has 1 atom stereocenters. The largest absolute Gasteiger partial charge is 0.457 e. The monoisotopic (exact) mass is 665 g/mol. The number of anilines is 1. The Morgan fingerprint density at radius 3 is 2.57 bits per heavy atom. The molecule has 0 unspecified atom stereocenters. The molecule has 0 bridgehead atoms. The van der Waals surface area contributed by atoms with Gasteiger partial charge in [-0.3, -0.25) is 14.6 Å². The van der Waals surface area contributed by atoms with Crippen molar-refractivity contribution in [3.63, 3.8) is 0 Å². The van der Waals surface area contributed by atoms with E-state index < -0.39 is 11.4 Å². The van der Waals surface area contributed by atoms with Gasteiger partial charge in [-0.15, -0.1) is 0 Å². The minimum atomic E-state index is -0.536. The van der Waals surface area contributed by atoms with Crippen LogP contribution in [0.5, 0.6) is 11.5 Å². The number of hydrogen-bond acceptors (Lipinski definition) is 10. The van der Waals surface area contributed by atoms with E-state index in [0.717, 1.165) is 52.2 Å². The molecule has 1 amide bonds. The average molecular weight is 666 g/mol. The highest BCUT2D eigenvalue weighted by Gasteiger charge is 2.36. The number of nitrogens with zero attached hydrogens (tertiary/aromatic N) is 8. The van der Waals surface area contributed by atoms with Gasteiger partial charge < -0.3 is 20.1 Å². The molecule has 2 aromatic carbocycles. The van der Waals surface area contributed by atoms with Gasteiger partial charge >= 0.3 is 0 Å². The molecule has 0 aliphatic carbocycles. The van der Waals surface area contributed by atoms with Crippen LogP contribution in [-0.2, 0) is 16.1 Å². The summed E-state index contributed by atoms with van der Waals surface area (Å²) in [6.07, 6.45) is 4.67. The molecule has 13 heteroatoms. The topological polar surface area (TPSA) is 139 Å². The van der Waals surface area contributed by atoms with Gasteiger partial charge in [-0.25, -0.2) is 19.0 Å². The Balaban J connectivity index is 1.11. The van der Waals surface area contributed by atoms with E-state index in [2.05, 4.69) is 39.7 Å². The van der Waals surface area contributed by atoms with Crippen LogP contribution in [0.1, 0.15) is 26.7 Å². The highest BCUT2D eigenvalue weighted by atomic mass is 19.1. The quantitative estimate of drug-likeness (QED) is 0.204. The van der Waals surface area contributed by atoms with Crippen molar-refractivity contribution in [3.05, 3.63) is 72.3 Å². The summed E-state index contributed by atoms with van der Waals surface area (Å²) in [5.74, 6) is 0.276. The SMILES string of the molecule is CC(C)(C=C(C#N)C(=O)N1CCC[C@H]1Cn1nc(-c2ccc(Oc3ccccc3)cc2F)c2c(N)ncnc21)N1CCN(C2COC2)CC1. The number of piperazine rings is 1. The third kappa shape index (κ3) is 6.59. The van der Waals surface area contributed by atoms with Crippen LogP contribution in [-0.4, -0.2) is 104 Å². The maximum Gasteiger partial charge on any atom is 0.264 e. The number of hydrogen-bond donors (Lipinski definition) is 1. The fourth-order valence-electron chi connectivity index (χ4n) is 7.05. The Labute approximate surface area is 284 Å². The van der Waals surface area contributed by atoms with Crippen LogP contribution in [0.2, 0.25) is 0 Å². The summed E-state index contributed by atoms with van der Waals surface area (Å²) in [5, 5.41) is 15.4. The first-order chi connectivity index (χ1) is 23.7. The molecule has 254 valence electrons. The van der Waals surface area contributed by atoms with Crippen LogP contribution < -0.4 is 10.5 Å². The van der Waals surface area contributed by atoms with Gasteiger partial charge in [0.05, 0.1) is 37.2 Å². The summed E-state index contributed by atoms with van der Waals surface area (Å²) in [6.45, 7) is 10.1. The smallest absolute Gasteiger partial charge is 0.264 e. The molecular formula is C36H40FN9O3. The van der Waals surface area contributed by atoms with E-state index in [-0.39, 0.29) is 28.9 Å². The van der Waals surface area contributed by atoms with Gasteiger partial charge in [0.1, 0.15) is 46.8 Å². The first-order valence-electron chi connectivity index (χ1n) is 16.7. The first-order valence-corrected chi connectivity index (χ1v) is 16.7. The van der Waals surface area contributed by atoms with Crippen molar-refractivity contribution in [1.29, 1.82) is 5.26 Å². The van der Waals surface area contributed by atoms with Gasteiger partial charge in [0.2, 0.25) is 0 Å². The van der Waals surface area contributed by atoms with Crippen molar-refractivity contribution in [3.8, 4) is 28.8 Å². The van der Waals surface area contributed by atoms with E-state index >= 15 is 4.39 Å². The zero-order valence-electron chi connectivity index (χ0n) is 27.8. The second-order valence-corrected chi connectivity index (χ2v) is 13.4. The highest BCUT2D eigenvalue weighted by Crippen LogP contribution is 2.35. The van der Waals surface area contributed by atoms with Gasteiger partial charge in [-0.1, -0.05) is 18.2 Å². The standard InChI is InChI=1S/C36H40FN9O3/c1-36(2,44-15-13-43(14-16-44)26-21-48-22-26)18-24(19-38)35(47)45-12-6-7-25(45)20-46-34-31(33(39)40-23-41-34)32(42-46)29-11-10-28(17-30(29)37)49-27-8-4-3-5-9-27/h3-5,8-11,17-18,23,25-26H,6-7,12-16,20-22H2,1-2H3,(H2,39,40,41)/t25-/m0/s1. The fraction of sp³-hybridized carbons (Fsp3) is 0.417. The number of ether oxygens (including phenoxy) is 2. The molecule has 0 saturated carbocycles. The molecule has 0 spiro atoms. The number of benzene rings is 2. The number of para-hydroxylation sites is 1. The number of carbonyl (C=O) groups excluding carboxylic acids is 1. The molecule has 3 fully saturated rings. The number of rotatable bonds is 9. The van der Waals surface area contributed by atoms with Gasteiger partial charge in [0.25, 0.3) is 5.91 Å². The minimum Gasteiger partial charge on any atom is -0.457 e. The van der Waals surface area contributed by atoms with Crippen LogP contribution in [0.15, 0.2) is 66.5 Å². The molecule has 3 aliphatic heterocycles. The average Bonchev–Trinajstić information content (AvgIpc) is 3.69. The van der Waals surface area contributed by atoms with E-state index in [1.807, 2.05) is 24.3 Å². The third-order valence-electron chi connectivity index (χ3n) is 9.87. The van der Waals surface area contributed by atoms with Crippen molar-refractivity contribution in [2.24, 2.45) is 0 Å². The summed E-state index contributed by atoms with van der Waals surface area (Å²) in [5.41, 5.74) is 6.93. The Kier molecular flexibility index (Phi) is 9.02. The zero-order valence-corrected chi connectivity index (χ0v) is 27.8. The number of nitriles is 1. The maximum atomic E-state index is 15.6. The number of fused-ring (bicyclic) bond motifs is 1. The molecule has 2 aromatic heterocycles. The number of aromatic nitrogens is 4. The van der Waals surface area contributed by atoms with Gasteiger partial charge in [-0.05, 0) is 57.0 Å². The van der Waals surface area contributed by atoms with Crippen LogP contribution in [0.4, 0.5) is 10.2 Å². The summed E-state index contributed by atoms with van der Waals surface area (Å²) < 4.78 is 28.5. The van der Waals surface area contributed by atoms with Crippen molar-refractivity contribution < 1.29 is 18.7 Å². The van der Waals surface area contributed by atoms with Crippen LogP contribution in [0.25, 0.3) is 22.3 Å². The van der Waals surface area contributed by atoms with Gasteiger partial charge in [-0.2, -0.15) is 10.4 Å². The molecule has 49 heavy (non-hydrogen) atoms. The molecule has 5 heterocycles. The molecule has 12 nitrogen and oxygen atoms in total. The normalized spacial score (nSPS) is 19.6. The molecular weight excluding hydrogens is 625 g/mol. The highest BCUT2D eigenvalue weighted by molar-refractivity contribution is 5.99. The molecule has 4 aromatic rings. The number of carbonyl (C=O) groups is 1. The second kappa shape index (κ2) is 13.5. The summed E-state index contributed by atoms with van der Waals surface area (Å²) >= 11 is 0. The molecule has 3 saturated heterocycles. The Morgan fingerprint density at radius 1 is 1.10 bits per heavy atom. The van der Waals surface area contributed by atoms with E-state index in [1.165, 1.54) is 12.4 Å². The van der Waals surface area contributed by atoms with Crippen molar-refractivity contribution in [2.75, 3.05) is 51.7 Å². The number of nitrogens with two attached hydrogens (primary N) is 1. The summed E-state index contributed by atoms with van der Waals surface area (Å²) in [4.78, 5) is 29.1. The van der Waals surface area contributed by atoms with Crippen LogP contribution in [0.3, 0.4) is 0 Å². The Morgan fingerprint density at radius 2 is 1.88 bits per heavy atom. The van der Waals surface area contributed by atoms with Crippen molar-refractivity contribution in [1.82, 2.24) is 34.4 Å². The van der Waals surface area contributed by atoms with Crippen LogP contribution >= 0.6 is 0 Å². The maximum absolute atomic E-state index is 15.6. The molecule has 3 aliphatic rings. The fourth-order valence-corrected chi connectivity index (χ4v) is 7.05. The first kappa shape index (κ1) is 32.6. The predicted molar refractivity (Wildman–Crippen MR) is 182 cm³/mol. The molecule has 2 N–H and O–H groups in total. The van der Waals surface area contributed by atoms with E-state index in [4.69, 9.17) is 20.3 Å². The van der Waals surface area contributed by atoms with E-state index in [0.29, 0.717) is 47.4 Å². The lowest BCUT2D eigenvalue weighted by Gasteiger charge is -2.46. The Hall–Kier alpha value is -4.90. The second-order valence-electron chi connectivity index (χ2n) is 13.4. The number of nitrogen functional groups attached to an aromatic ring is 1. The van der Waals surface area contributed by atoms with E-state index in [1.54, 1.807) is 33.8 Å². The van der Waals surface area contributed by atoms with Gasteiger partial charge in [0, 0.05) is 49.9 Å². The van der Waals surface area contributed by atoms with Crippen LogP contribution in [0, 0.1) is 17.1 Å².